The Morgan fingerprint density at radius 1 is 1.26 bits per heavy atom. The lowest BCUT2D eigenvalue weighted by Crippen LogP contribution is -2.49. The summed E-state index contributed by atoms with van der Waals surface area (Å²) in [5, 5.41) is 5.27. The van der Waals surface area contributed by atoms with Crippen LogP contribution in [0.25, 0.3) is 0 Å². The van der Waals surface area contributed by atoms with Crippen molar-refractivity contribution in [2.75, 3.05) is 14.2 Å². The third kappa shape index (κ3) is 4.68. The van der Waals surface area contributed by atoms with E-state index in [2.05, 4.69) is 10.1 Å². The van der Waals surface area contributed by atoms with Crippen molar-refractivity contribution >= 4 is 29.2 Å². The second kappa shape index (κ2) is 8.84. The van der Waals surface area contributed by atoms with Crippen molar-refractivity contribution in [1.82, 2.24) is 5.32 Å². The fourth-order valence-corrected chi connectivity index (χ4v) is 4.48. The van der Waals surface area contributed by atoms with Crippen molar-refractivity contribution in [3.8, 4) is 0 Å². The minimum absolute atomic E-state index is 0.212. The van der Waals surface area contributed by atoms with Gasteiger partial charge >= 0.3 is 17.9 Å². The van der Waals surface area contributed by atoms with Crippen molar-refractivity contribution < 1.29 is 28.6 Å². The van der Waals surface area contributed by atoms with Gasteiger partial charge in [-0.1, -0.05) is 19.9 Å². The average molecular weight is 397 g/mol. The molecule has 0 aliphatic carbocycles. The van der Waals surface area contributed by atoms with E-state index in [1.807, 2.05) is 31.4 Å². The monoisotopic (exact) mass is 397 g/mol. The Bertz CT molecular complexity index is 674. The van der Waals surface area contributed by atoms with Crippen LogP contribution >= 0.6 is 11.3 Å². The van der Waals surface area contributed by atoms with E-state index >= 15 is 0 Å². The molecule has 1 aromatic heterocycles. The van der Waals surface area contributed by atoms with E-state index in [0.717, 1.165) is 4.88 Å². The molecule has 8 heteroatoms. The summed E-state index contributed by atoms with van der Waals surface area (Å²) in [5.41, 5.74) is -0.976. The van der Waals surface area contributed by atoms with E-state index in [1.54, 1.807) is 0 Å². The van der Waals surface area contributed by atoms with Gasteiger partial charge in [-0.15, -0.1) is 11.3 Å². The van der Waals surface area contributed by atoms with Gasteiger partial charge in [0, 0.05) is 4.88 Å². The van der Waals surface area contributed by atoms with Crippen LogP contribution < -0.4 is 5.32 Å². The number of esters is 3. The molecule has 1 fully saturated rings. The van der Waals surface area contributed by atoms with Gasteiger partial charge in [0.1, 0.15) is 5.54 Å². The van der Waals surface area contributed by atoms with Crippen LogP contribution in [0.15, 0.2) is 17.5 Å². The predicted octanol–water partition coefficient (Wildman–Crippen LogP) is 2.46. The zero-order valence-electron chi connectivity index (χ0n) is 16.3. The minimum Gasteiger partial charge on any atom is -0.468 e. The van der Waals surface area contributed by atoms with Crippen molar-refractivity contribution in [1.29, 1.82) is 0 Å². The topological polar surface area (TPSA) is 90.9 Å². The first-order chi connectivity index (χ1) is 12.7. The number of nitrogens with one attached hydrogen (secondary N) is 1. The largest absolute Gasteiger partial charge is 0.468 e. The second-order valence-electron chi connectivity index (χ2n) is 7.22. The highest BCUT2D eigenvalue weighted by Gasteiger charge is 2.54. The Morgan fingerprint density at radius 2 is 1.96 bits per heavy atom. The Hall–Kier alpha value is -1.93. The Balaban J connectivity index is 2.33. The fourth-order valence-electron chi connectivity index (χ4n) is 3.64. The van der Waals surface area contributed by atoms with Crippen LogP contribution in [0.2, 0.25) is 0 Å². The van der Waals surface area contributed by atoms with E-state index in [0.29, 0.717) is 6.42 Å². The van der Waals surface area contributed by atoms with Crippen LogP contribution in [0, 0.1) is 11.8 Å². The maximum Gasteiger partial charge on any atom is 0.346 e. The Morgan fingerprint density at radius 3 is 2.48 bits per heavy atom. The molecule has 2 rings (SSSR count). The van der Waals surface area contributed by atoms with Gasteiger partial charge in [-0.3, -0.25) is 14.9 Å². The van der Waals surface area contributed by atoms with Crippen LogP contribution in [0.3, 0.4) is 0 Å². The number of ether oxygens (including phenoxy) is 3. The van der Waals surface area contributed by atoms with E-state index < -0.39 is 35.5 Å². The van der Waals surface area contributed by atoms with E-state index in [4.69, 9.17) is 9.47 Å². The molecule has 4 atom stereocenters. The molecular formula is C19H27NO6S. The molecule has 0 radical (unpaired) electrons. The zero-order valence-corrected chi connectivity index (χ0v) is 17.1. The molecule has 0 bridgehead atoms. The zero-order chi connectivity index (χ0) is 20.2. The number of hydrogen-bond donors (Lipinski definition) is 1. The van der Waals surface area contributed by atoms with E-state index in [-0.39, 0.29) is 18.4 Å². The first-order valence-electron chi connectivity index (χ1n) is 8.92. The lowest BCUT2D eigenvalue weighted by molar-refractivity contribution is -0.167. The molecule has 2 heterocycles. The standard InChI is InChI=1S/C19H27NO6S/c1-11(2)9-19(18(23)25-5)10-13(15(20-19)14-7-6-8-27-14)17(22)26-12(3)16(21)24-4/h6-8,11-13,15,20H,9-10H2,1-5H3/t12-,13+,15-,19+/m1/s1. The third-order valence-electron chi connectivity index (χ3n) is 4.71. The maximum absolute atomic E-state index is 12.8. The summed E-state index contributed by atoms with van der Waals surface area (Å²) in [4.78, 5) is 38.0. The van der Waals surface area contributed by atoms with Crippen LogP contribution in [0.1, 0.15) is 44.5 Å². The average Bonchev–Trinajstić information content (AvgIpc) is 3.27. The van der Waals surface area contributed by atoms with Gasteiger partial charge < -0.3 is 14.2 Å². The summed E-state index contributed by atoms with van der Waals surface area (Å²) in [6, 6.07) is 3.41. The van der Waals surface area contributed by atoms with Crippen LogP contribution in [0.5, 0.6) is 0 Å². The van der Waals surface area contributed by atoms with Gasteiger partial charge in [-0.2, -0.15) is 0 Å². The number of rotatable bonds is 7. The highest BCUT2D eigenvalue weighted by molar-refractivity contribution is 7.10. The van der Waals surface area contributed by atoms with Crippen LogP contribution in [0.4, 0.5) is 0 Å². The minimum atomic E-state index is -1.01. The highest BCUT2D eigenvalue weighted by atomic mass is 32.1. The Kier molecular flexibility index (Phi) is 7.00. The number of thiophene rings is 1. The van der Waals surface area contributed by atoms with E-state index in [9.17, 15) is 14.4 Å². The van der Waals surface area contributed by atoms with Crippen molar-refractivity contribution in [2.24, 2.45) is 11.8 Å². The van der Waals surface area contributed by atoms with Crippen molar-refractivity contribution in [2.45, 2.75) is 51.3 Å². The van der Waals surface area contributed by atoms with Gasteiger partial charge in [-0.05, 0) is 37.1 Å². The first-order valence-corrected chi connectivity index (χ1v) is 9.80. The van der Waals surface area contributed by atoms with Gasteiger partial charge in [0.05, 0.1) is 26.2 Å². The summed E-state index contributed by atoms with van der Waals surface area (Å²) in [6.45, 7) is 5.49. The molecule has 27 heavy (non-hydrogen) atoms. The predicted molar refractivity (Wildman–Crippen MR) is 100 cm³/mol. The molecule has 0 aromatic carbocycles. The van der Waals surface area contributed by atoms with Crippen molar-refractivity contribution in [3.63, 3.8) is 0 Å². The molecule has 1 aliphatic heterocycles. The summed E-state index contributed by atoms with van der Waals surface area (Å²) < 4.78 is 15.0. The van der Waals surface area contributed by atoms with E-state index in [1.165, 1.54) is 32.5 Å². The smallest absolute Gasteiger partial charge is 0.346 e. The molecule has 1 aromatic rings. The van der Waals surface area contributed by atoms with Crippen LogP contribution in [-0.4, -0.2) is 43.8 Å². The van der Waals surface area contributed by atoms with Gasteiger partial charge in [0.15, 0.2) is 6.10 Å². The molecule has 7 nitrogen and oxygen atoms in total. The quantitative estimate of drug-likeness (QED) is 0.558. The highest BCUT2D eigenvalue weighted by Crippen LogP contribution is 2.43. The fraction of sp³-hybridized carbons (Fsp3) is 0.632. The van der Waals surface area contributed by atoms with Gasteiger partial charge in [0.25, 0.3) is 0 Å². The molecule has 0 saturated carbocycles. The van der Waals surface area contributed by atoms with Crippen molar-refractivity contribution in [3.05, 3.63) is 22.4 Å². The molecule has 0 spiro atoms. The molecule has 1 saturated heterocycles. The summed E-state index contributed by atoms with van der Waals surface area (Å²) in [7, 11) is 2.58. The normalized spacial score (nSPS) is 25.9. The summed E-state index contributed by atoms with van der Waals surface area (Å²) >= 11 is 1.50. The number of hydrogen-bond acceptors (Lipinski definition) is 8. The van der Waals surface area contributed by atoms with Crippen LogP contribution in [-0.2, 0) is 28.6 Å². The molecule has 150 valence electrons. The number of methoxy groups -OCH3 is 2. The number of carbonyl (C=O) groups excluding carboxylic acids is 3. The second-order valence-corrected chi connectivity index (χ2v) is 8.20. The van der Waals surface area contributed by atoms with Gasteiger partial charge in [0.2, 0.25) is 0 Å². The van der Waals surface area contributed by atoms with Gasteiger partial charge in [-0.25, -0.2) is 4.79 Å². The molecule has 0 unspecified atom stereocenters. The first kappa shape index (κ1) is 21.4. The lowest BCUT2D eigenvalue weighted by Gasteiger charge is -2.29. The number of carbonyl (C=O) groups is 3. The molecule has 0 amide bonds. The Labute approximate surface area is 163 Å². The lowest BCUT2D eigenvalue weighted by atomic mass is 9.84. The molecule has 1 aliphatic rings. The summed E-state index contributed by atoms with van der Waals surface area (Å²) in [5.74, 6) is -1.95. The third-order valence-corrected chi connectivity index (χ3v) is 5.67. The molecular weight excluding hydrogens is 370 g/mol. The molecule has 1 N–H and O–H groups in total. The SMILES string of the molecule is COC(=O)[C@@H](C)OC(=O)[C@H]1C[C@@](CC(C)C)(C(=O)OC)N[C@H]1c1cccs1. The maximum atomic E-state index is 12.8. The summed E-state index contributed by atoms with van der Waals surface area (Å²) in [6.07, 6.45) is -0.241.